The van der Waals surface area contributed by atoms with Crippen molar-refractivity contribution in [3.05, 3.63) is 16.4 Å². The van der Waals surface area contributed by atoms with E-state index in [1.807, 2.05) is 7.05 Å². The van der Waals surface area contributed by atoms with Gasteiger partial charge in [-0.25, -0.2) is 0 Å². The summed E-state index contributed by atoms with van der Waals surface area (Å²) in [4.78, 5) is 0. The minimum absolute atomic E-state index is 0.524. The van der Waals surface area contributed by atoms with Crippen molar-refractivity contribution >= 4 is 15.9 Å². The van der Waals surface area contributed by atoms with Crippen LogP contribution >= 0.6 is 15.9 Å². The Morgan fingerprint density at radius 1 is 1.60 bits per heavy atom. The molecule has 0 saturated heterocycles. The minimum Gasteiger partial charge on any atom is -0.387 e. The molecule has 0 aliphatic carbocycles. The van der Waals surface area contributed by atoms with E-state index in [2.05, 4.69) is 28.0 Å². The van der Waals surface area contributed by atoms with Crippen molar-refractivity contribution in [3.63, 3.8) is 0 Å². The number of nitrogens with zero attached hydrogens (tertiary/aromatic N) is 2. The number of hydrogen-bond donors (Lipinski definition) is 1. The van der Waals surface area contributed by atoms with Gasteiger partial charge in [0, 0.05) is 26.7 Å². The minimum atomic E-state index is -0.524. The maximum Gasteiger partial charge on any atom is 0.0989 e. The summed E-state index contributed by atoms with van der Waals surface area (Å²) >= 11 is 3.36. The van der Waals surface area contributed by atoms with Gasteiger partial charge in [0.15, 0.2) is 0 Å². The molecule has 1 aromatic heterocycles. The molecule has 15 heavy (non-hydrogen) atoms. The molecule has 0 spiro atoms. The molecule has 1 N–H and O–H groups in total. The van der Waals surface area contributed by atoms with Crippen molar-refractivity contribution in [2.24, 2.45) is 7.05 Å². The Hall–Kier alpha value is -0.390. The van der Waals surface area contributed by atoms with Crippen LogP contribution < -0.4 is 0 Å². The van der Waals surface area contributed by atoms with Crippen molar-refractivity contribution in [3.8, 4) is 0 Å². The number of aromatic nitrogens is 2. The smallest absolute Gasteiger partial charge is 0.0989 e. The number of halogens is 1. The van der Waals surface area contributed by atoms with E-state index in [1.54, 1.807) is 10.9 Å². The average Bonchev–Trinajstić information content (AvgIpc) is 2.53. The van der Waals surface area contributed by atoms with Gasteiger partial charge < -0.3 is 9.84 Å². The van der Waals surface area contributed by atoms with E-state index in [4.69, 9.17) is 4.74 Å². The molecule has 1 unspecified atom stereocenters. The molecule has 0 bridgehead atoms. The van der Waals surface area contributed by atoms with Crippen molar-refractivity contribution in [1.82, 2.24) is 9.78 Å². The van der Waals surface area contributed by atoms with Gasteiger partial charge in [0.2, 0.25) is 0 Å². The molecule has 86 valence electrons. The van der Waals surface area contributed by atoms with E-state index in [-0.39, 0.29) is 0 Å². The fourth-order valence-electron chi connectivity index (χ4n) is 1.37. The monoisotopic (exact) mass is 276 g/mol. The van der Waals surface area contributed by atoms with E-state index in [1.165, 1.54) is 0 Å². The first kappa shape index (κ1) is 12.7. The van der Waals surface area contributed by atoms with Crippen LogP contribution in [-0.2, 0) is 11.8 Å². The lowest BCUT2D eigenvalue weighted by Gasteiger charge is -2.11. The molecular formula is C10H17BrN2O2. The summed E-state index contributed by atoms with van der Waals surface area (Å²) in [6, 6.07) is 0. The molecule has 1 aromatic rings. The third-order valence-electron chi connectivity index (χ3n) is 2.14. The second-order valence-corrected chi connectivity index (χ2v) is 4.27. The molecule has 1 rings (SSSR count). The van der Waals surface area contributed by atoms with Crippen LogP contribution in [0.25, 0.3) is 0 Å². The highest BCUT2D eigenvalue weighted by molar-refractivity contribution is 9.10. The lowest BCUT2D eigenvalue weighted by atomic mass is 10.2. The van der Waals surface area contributed by atoms with Gasteiger partial charge in [-0.15, -0.1) is 0 Å². The van der Waals surface area contributed by atoms with Crippen LogP contribution in [0.2, 0.25) is 0 Å². The van der Waals surface area contributed by atoms with Gasteiger partial charge in [-0.2, -0.15) is 5.10 Å². The van der Waals surface area contributed by atoms with Crippen LogP contribution in [0.5, 0.6) is 0 Å². The molecule has 0 aliphatic rings. The highest BCUT2D eigenvalue weighted by atomic mass is 79.9. The third-order valence-corrected chi connectivity index (χ3v) is 2.75. The second-order valence-electron chi connectivity index (χ2n) is 3.42. The molecule has 0 aliphatic heterocycles. The Morgan fingerprint density at radius 3 is 2.87 bits per heavy atom. The van der Waals surface area contributed by atoms with Crippen LogP contribution in [-0.4, -0.2) is 28.1 Å². The summed E-state index contributed by atoms with van der Waals surface area (Å²) < 4.78 is 7.84. The maximum atomic E-state index is 9.90. The number of rotatable bonds is 6. The summed E-state index contributed by atoms with van der Waals surface area (Å²) in [5.41, 5.74) is 0.801. The molecule has 0 radical (unpaired) electrons. The standard InChI is InChI=1S/C10H17BrN2O2/c1-3-5-15-6-4-9(14)10-8(11)7-12-13(10)2/h7,9,14H,3-6H2,1-2H3. The molecule has 4 nitrogen and oxygen atoms in total. The van der Waals surface area contributed by atoms with Gasteiger partial charge in [-0.3, -0.25) is 4.68 Å². The van der Waals surface area contributed by atoms with Crippen LogP contribution in [0.4, 0.5) is 0 Å². The lowest BCUT2D eigenvalue weighted by Crippen LogP contribution is -2.09. The van der Waals surface area contributed by atoms with E-state index in [0.717, 1.165) is 23.2 Å². The summed E-state index contributed by atoms with van der Waals surface area (Å²) in [7, 11) is 1.82. The van der Waals surface area contributed by atoms with Gasteiger partial charge in [-0.1, -0.05) is 6.92 Å². The first-order chi connectivity index (χ1) is 7.16. The fraction of sp³-hybridized carbons (Fsp3) is 0.700. The zero-order valence-electron chi connectivity index (χ0n) is 9.11. The third kappa shape index (κ3) is 3.59. The summed E-state index contributed by atoms with van der Waals surface area (Å²) in [5.74, 6) is 0. The van der Waals surface area contributed by atoms with Crippen LogP contribution in [0.15, 0.2) is 10.7 Å². The molecule has 5 heteroatoms. The van der Waals surface area contributed by atoms with E-state index >= 15 is 0 Å². The van der Waals surface area contributed by atoms with Crippen molar-refractivity contribution < 1.29 is 9.84 Å². The molecule has 0 saturated carbocycles. The number of hydrogen-bond acceptors (Lipinski definition) is 3. The lowest BCUT2D eigenvalue weighted by molar-refractivity contribution is 0.0783. The first-order valence-corrected chi connectivity index (χ1v) is 5.89. The Morgan fingerprint density at radius 2 is 2.33 bits per heavy atom. The first-order valence-electron chi connectivity index (χ1n) is 5.10. The van der Waals surface area contributed by atoms with Crippen LogP contribution in [0.1, 0.15) is 31.6 Å². The molecule has 0 aromatic carbocycles. The second kappa shape index (κ2) is 6.25. The van der Waals surface area contributed by atoms with Gasteiger partial charge in [0.1, 0.15) is 0 Å². The SMILES string of the molecule is CCCOCCC(O)c1c(Br)cnn1C. The number of aliphatic hydroxyl groups excluding tert-OH is 1. The van der Waals surface area contributed by atoms with Crippen molar-refractivity contribution in [1.29, 1.82) is 0 Å². The predicted molar refractivity (Wildman–Crippen MR) is 61.6 cm³/mol. The molecule has 1 atom stereocenters. The van der Waals surface area contributed by atoms with Crippen molar-refractivity contribution in [2.75, 3.05) is 13.2 Å². The summed E-state index contributed by atoms with van der Waals surface area (Å²) in [5, 5.41) is 14.0. The summed E-state index contributed by atoms with van der Waals surface area (Å²) in [6.07, 6.45) is 2.76. The normalized spacial score (nSPS) is 13.1. The highest BCUT2D eigenvalue weighted by Gasteiger charge is 2.15. The van der Waals surface area contributed by atoms with Gasteiger partial charge in [0.05, 0.1) is 22.5 Å². The Kier molecular flexibility index (Phi) is 5.28. The Balaban J connectivity index is 2.43. The maximum absolute atomic E-state index is 9.90. The zero-order valence-corrected chi connectivity index (χ0v) is 10.7. The molecule has 0 amide bonds. The quantitative estimate of drug-likeness (QED) is 0.809. The van der Waals surface area contributed by atoms with Gasteiger partial charge in [0.25, 0.3) is 0 Å². The topological polar surface area (TPSA) is 47.3 Å². The number of ether oxygens (including phenoxy) is 1. The molecule has 0 fully saturated rings. The van der Waals surface area contributed by atoms with Crippen molar-refractivity contribution in [2.45, 2.75) is 25.9 Å². The average molecular weight is 277 g/mol. The Labute approximate surface area is 98.4 Å². The van der Waals surface area contributed by atoms with Crippen LogP contribution in [0, 0.1) is 0 Å². The summed E-state index contributed by atoms with van der Waals surface area (Å²) in [6.45, 7) is 3.39. The largest absolute Gasteiger partial charge is 0.387 e. The fourth-order valence-corrected chi connectivity index (χ4v) is 1.99. The zero-order chi connectivity index (χ0) is 11.3. The molecular weight excluding hydrogens is 260 g/mol. The van der Waals surface area contributed by atoms with Gasteiger partial charge >= 0.3 is 0 Å². The predicted octanol–water partition coefficient (Wildman–Crippen LogP) is 2.03. The Bertz CT molecular complexity index is 282. The number of aliphatic hydroxyl groups is 1. The van der Waals surface area contributed by atoms with E-state index in [9.17, 15) is 5.11 Å². The van der Waals surface area contributed by atoms with E-state index < -0.39 is 6.10 Å². The van der Waals surface area contributed by atoms with E-state index in [0.29, 0.717) is 13.0 Å². The highest BCUT2D eigenvalue weighted by Crippen LogP contribution is 2.24. The number of aryl methyl sites for hydroxylation is 1. The van der Waals surface area contributed by atoms with Crippen LogP contribution in [0.3, 0.4) is 0 Å². The molecule has 1 heterocycles. The van der Waals surface area contributed by atoms with Gasteiger partial charge in [-0.05, 0) is 22.4 Å².